The fourth-order valence-electron chi connectivity index (χ4n) is 1.72. The smallest absolute Gasteiger partial charge is 0.264 e. The van der Waals surface area contributed by atoms with E-state index in [0.717, 1.165) is 5.56 Å². The third kappa shape index (κ3) is 3.62. The minimum atomic E-state index is -3.83. The van der Waals surface area contributed by atoms with Gasteiger partial charge in [-0.1, -0.05) is 23.1 Å². The van der Waals surface area contributed by atoms with Crippen molar-refractivity contribution in [3.63, 3.8) is 0 Å². The first kappa shape index (κ1) is 15.1. The van der Waals surface area contributed by atoms with Gasteiger partial charge in [0, 0.05) is 11.6 Å². The number of hydrogen-bond acceptors (Lipinski definition) is 5. The molecule has 0 aliphatic rings. The molecule has 0 radical (unpaired) electrons. The zero-order valence-corrected chi connectivity index (χ0v) is 12.4. The second-order valence-electron chi connectivity index (χ2n) is 4.39. The number of aromatic nitrogens is 1. The molecule has 0 atom stereocenters. The number of anilines is 1. The van der Waals surface area contributed by atoms with Crippen LogP contribution >= 0.6 is 0 Å². The molecule has 110 valence electrons. The van der Waals surface area contributed by atoms with E-state index in [4.69, 9.17) is 9.63 Å². The van der Waals surface area contributed by atoms with Crippen molar-refractivity contribution in [3.8, 4) is 11.8 Å². The van der Waals surface area contributed by atoms with Crippen LogP contribution in [0.25, 0.3) is 0 Å². The molecule has 2 aromatic rings. The van der Waals surface area contributed by atoms with E-state index in [0.29, 0.717) is 11.3 Å². The summed E-state index contributed by atoms with van der Waals surface area (Å²) in [7, 11) is -3.83. The predicted octanol–water partition coefficient (Wildman–Crippen LogP) is 1.44. The van der Waals surface area contributed by atoms with Crippen LogP contribution in [-0.4, -0.2) is 25.3 Å². The Morgan fingerprint density at radius 2 is 2.10 bits per heavy atom. The van der Waals surface area contributed by atoms with E-state index in [1.54, 1.807) is 19.1 Å². The lowest BCUT2D eigenvalue weighted by Crippen LogP contribution is -2.14. The summed E-state index contributed by atoms with van der Waals surface area (Å²) < 4.78 is 31.9. The van der Waals surface area contributed by atoms with E-state index in [1.165, 1.54) is 12.1 Å². The van der Waals surface area contributed by atoms with Crippen molar-refractivity contribution < 1.29 is 18.0 Å². The van der Waals surface area contributed by atoms with Gasteiger partial charge in [0.2, 0.25) is 0 Å². The van der Waals surface area contributed by atoms with Crippen LogP contribution < -0.4 is 4.72 Å². The topological polar surface area (TPSA) is 92.4 Å². The summed E-state index contributed by atoms with van der Waals surface area (Å²) in [6.07, 6.45) is 0. The van der Waals surface area contributed by atoms with Crippen LogP contribution in [0.4, 0.5) is 5.82 Å². The average Bonchev–Trinajstić information content (AvgIpc) is 2.80. The Morgan fingerprint density at radius 3 is 2.71 bits per heavy atom. The van der Waals surface area contributed by atoms with Gasteiger partial charge in [-0.2, -0.15) is 0 Å². The highest BCUT2D eigenvalue weighted by atomic mass is 32.2. The molecule has 0 fully saturated rings. The molecule has 0 amide bonds. The quantitative estimate of drug-likeness (QED) is 0.837. The lowest BCUT2D eigenvalue weighted by atomic mass is 10.1. The molecule has 0 unspecified atom stereocenters. The summed E-state index contributed by atoms with van der Waals surface area (Å²) in [5, 5.41) is 12.4. The molecule has 1 heterocycles. The van der Waals surface area contributed by atoms with Gasteiger partial charge in [-0.05, 0) is 31.5 Å². The molecule has 2 N–H and O–H groups in total. The second-order valence-corrected chi connectivity index (χ2v) is 6.04. The molecule has 2 rings (SSSR count). The Hall–Kier alpha value is -2.30. The van der Waals surface area contributed by atoms with Gasteiger partial charge in [0.1, 0.15) is 17.3 Å². The molecule has 0 spiro atoms. The monoisotopic (exact) mass is 306 g/mol. The minimum absolute atomic E-state index is 0.0229. The predicted molar refractivity (Wildman–Crippen MR) is 77.2 cm³/mol. The lowest BCUT2D eigenvalue weighted by molar-refractivity contribution is 0.350. The number of nitrogens with zero attached hydrogens (tertiary/aromatic N) is 1. The molecule has 0 saturated carbocycles. The summed E-state index contributed by atoms with van der Waals surface area (Å²) >= 11 is 0. The van der Waals surface area contributed by atoms with E-state index in [9.17, 15) is 8.42 Å². The highest BCUT2D eigenvalue weighted by molar-refractivity contribution is 7.92. The third-order valence-corrected chi connectivity index (χ3v) is 4.01. The number of sulfonamides is 1. The first-order valence-corrected chi connectivity index (χ1v) is 7.57. The van der Waals surface area contributed by atoms with Crippen LogP contribution in [0.15, 0.2) is 33.7 Å². The summed E-state index contributed by atoms with van der Waals surface area (Å²) in [6.45, 7) is 3.15. The highest BCUT2D eigenvalue weighted by Crippen LogP contribution is 2.20. The second kappa shape index (κ2) is 5.99. The molecule has 6 nitrogen and oxygen atoms in total. The average molecular weight is 306 g/mol. The largest absolute Gasteiger partial charge is 0.384 e. The molecular weight excluding hydrogens is 292 g/mol. The molecule has 7 heteroatoms. The number of nitrogens with one attached hydrogen (secondary N) is 1. The first-order chi connectivity index (χ1) is 9.92. The highest BCUT2D eigenvalue weighted by Gasteiger charge is 2.19. The Kier molecular flexibility index (Phi) is 4.31. The number of aryl methyl sites for hydroxylation is 2. The Balaban J connectivity index is 2.44. The van der Waals surface area contributed by atoms with E-state index in [1.807, 2.05) is 6.92 Å². The van der Waals surface area contributed by atoms with Gasteiger partial charge in [-0.25, -0.2) is 8.42 Å². The number of hydrogen-bond donors (Lipinski definition) is 2. The summed E-state index contributed by atoms with van der Waals surface area (Å²) in [4.78, 5) is 0.0229. The maximum absolute atomic E-state index is 12.4. The molecule has 1 aromatic heterocycles. The van der Waals surface area contributed by atoms with Crippen LogP contribution in [0.2, 0.25) is 0 Å². The van der Waals surface area contributed by atoms with Crippen molar-refractivity contribution in [1.29, 1.82) is 0 Å². The van der Waals surface area contributed by atoms with Gasteiger partial charge in [0.15, 0.2) is 5.82 Å². The maximum atomic E-state index is 12.4. The Bertz CT molecular complexity index is 813. The van der Waals surface area contributed by atoms with Crippen LogP contribution in [0.5, 0.6) is 0 Å². The zero-order valence-electron chi connectivity index (χ0n) is 11.5. The lowest BCUT2D eigenvalue weighted by Gasteiger charge is -2.08. The molecule has 0 bridgehead atoms. The van der Waals surface area contributed by atoms with Crippen molar-refractivity contribution in [2.75, 3.05) is 11.3 Å². The van der Waals surface area contributed by atoms with Gasteiger partial charge in [-0.3, -0.25) is 4.72 Å². The van der Waals surface area contributed by atoms with E-state index in [-0.39, 0.29) is 17.3 Å². The third-order valence-electron chi connectivity index (χ3n) is 2.59. The van der Waals surface area contributed by atoms with Crippen molar-refractivity contribution in [2.45, 2.75) is 18.7 Å². The van der Waals surface area contributed by atoms with E-state index in [2.05, 4.69) is 21.7 Å². The number of benzene rings is 1. The van der Waals surface area contributed by atoms with Crippen molar-refractivity contribution in [1.82, 2.24) is 5.16 Å². The molecular formula is C14H14N2O4S. The fraction of sp³-hybridized carbons (Fsp3) is 0.214. The van der Waals surface area contributed by atoms with E-state index < -0.39 is 10.0 Å². The summed E-state index contributed by atoms with van der Waals surface area (Å²) in [5.41, 5.74) is 1.19. The van der Waals surface area contributed by atoms with Crippen LogP contribution in [0.3, 0.4) is 0 Å². The van der Waals surface area contributed by atoms with Crippen molar-refractivity contribution in [3.05, 3.63) is 41.2 Å². The minimum Gasteiger partial charge on any atom is -0.384 e. The zero-order chi connectivity index (χ0) is 15.5. The SMILES string of the molecule is Cc1ccc(S(=O)(=O)Nc2cc(C)on2)c(C#CCO)c1. The van der Waals surface area contributed by atoms with Crippen LogP contribution in [0, 0.1) is 25.7 Å². The normalized spacial score (nSPS) is 10.8. The fourth-order valence-corrected chi connectivity index (χ4v) is 2.85. The van der Waals surface area contributed by atoms with Crippen molar-refractivity contribution in [2.24, 2.45) is 0 Å². The van der Waals surface area contributed by atoms with Crippen LogP contribution in [-0.2, 0) is 10.0 Å². The number of aliphatic hydroxyl groups excluding tert-OH is 1. The Labute approximate surface area is 122 Å². The molecule has 0 aliphatic carbocycles. The maximum Gasteiger partial charge on any atom is 0.264 e. The molecule has 1 aromatic carbocycles. The molecule has 0 aliphatic heterocycles. The first-order valence-electron chi connectivity index (χ1n) is 6.09. The van der Waals surface area contributed by atoms with Gasteiger partial charge in [0.05, 0.1) is 0 Å². The molecule has 21 heavy (non-hydrogen) atoms. The standard InChI is InChI=1S/C14H14N2O4S/c1-10-5-6-13(12(8-10)4-3-7-17)21(18,19)16-14-9-11(2)20-15-14/h5-6,8-9,17H,7H2,1-2H3,(H,15,16). The van der Waals surface area contributed by atoms with Crippen molar-refractivity contribution >= 4 is 15.8 Å². The van der Waals surface area contributed by atoms with Gasteiger partial charge in [-0.15, -0.1) is 0 Å². The van der Waals surface area contributed by atoms with Crippen LogP contribution in [0.1, 0.15) is 16.9 Å². The van der Waals surface area contributed by atoms with E-state index >= 15 is 0 Å². The summed E-state index contributed by atoms with van der Waals surface area (Å²) in [6, 6.07) is 6.26. The number of rotatable bonds is 3. The number of aliphatic hydroxyl groups is 1. The van der Waals surface area contributed by atoms with Gasteiger partial charge >= 0.3 is 0 Å². The summed E-state index contributed by atoms with van der Waals surface area (Å²) in [5.74, 6) is 5.69. The molecule has 0 saturated heterocycles. The van der Waals surface area contributed by atoms with Gasteiger partial charge in [0.25, 0.3) is 10.0 Å². The van der Waals surface area contributed by atoms with Gasteiger partial charge < -0.3 is 9.63 Å². The Morgan fingerprint density at radius 1 is 1.33 bits per heavy atom.